The van der Waals surface area contributed by atoms with Crippen molar-refractivity contribution in [2.24, 2.45) is 0 Å². The molecule has 0 spiro atoms. The van der Waals surface area contributed by atoms with E-state index in [0.717, 1.165) is 29.5 Å². The Hall–Kier alpha value is -1.23. The van der Waals surface area contributed by atoms with Crippen LogP contribution >= 0.6 is 11.8 Å². The predicted molar refractivity (Wildman–Crippen MR) is 73.3 cm³/mol. The van der Waals surface area contributed by atoms with Gasteiger partial charge >= 0.3 is 0 Å². The summed E-state index contributed by atoms with van der Waals surface area (Å²) in [6, 6.07) is 0. The topological polar surface area (TPSA) is 47.0 Å². The highest BCUT2D eigenvalue weighted by atomic mass is 32.2. The second-order valence-electron chi connectivity index (χ2n) is 3.40. The molecule has 5 heteroatoms. The predicted octanol–water partition coefficient (Wildman–Crippen LogP) is 3.03. The van der Waals surface area contributed by atoms with Gasteiger partial charge in [0.25, 0.3) is 0 Å². The van der Waals surface area contributed by atoms with Crippen LogP contribution < -0.4 is 5.32 Å². The molecule has 1 rings (SSSR count). The molecule has 1 aromatic rings. The molecular weight excluding hydrogens is 234 g/mol. The summed E-state index contributed by atoms with van der Waals surface area (Å²) in [5.74, 6) is 1.41. The molecule has 1 N–H and O–H groups in total. The third-order valence-corrected chi connectivity index (χ3v) is 2.67. The zero-order valence-electron chi connectivity index (χ0n) is 10.6. The molecule has 0 fully saturated rings. The molecule has 0 aliphatic carbocycles. The Morgan fingerprint density at radius 2 is 2.29 bits per heavy atom. The number of anilines is 1. The molecule has 0 aromatic carbocycles. The van der Waals surface area contributed by atoms with E-state index >= 15 is 0 Å². The Morgan fingerprint density at radius 3 is 2.88 bits per heavy atom. The standard InChI is InChI=1S/C12H19N3OS/c1-5-7-13-11-10(9(3)16-6-2)8-14-12(15-11)17-4/h8H,3,5-7H2,1-2,4H3,(H,13,14,15). The van der Waals surface area contributed by atoms with Crippen LogP contribution in [-0.4, -0.2) is 29.4 Å². The first kappa shape index (κ1) is 13.8. The fourth-order valence-electron chi connectivity index (χ4n) is 1.30. The SMILES string of the molecule is C=C(OCC)c1cnc(SC)nc1NCCC. The molecule has 0 aliphatic heterocycles. The molecule has 0 amide bonds. The third kappa shape index (κ3) is 3.93. The molecule has 0 atom stereocenters. The molecule has 0 radical (unpaired) electrons. The van der Waals surface area contributed by atoms with Gasteiger partial charge in [0, 0.05) is 12.7 Å². The van der Waals surface area contributed by atoms with Crippen molar-refractivity contribution in [2.75, 3.05) is 24.7 Å². The van der Waals surface area contributed by atoms with Crippen molar-refractivity contribution in [1.29, 1.82) is 0 Å². The van der Waals surface area contributed by atoms with Gasteiger partial charge in [-0.1, -0.05) is 25.3 Å². The van der Waals surface area contributed by atoms with Crippen molar-refractivity contribution in [1.82, 2.24) is 9.97 Å². The maximum absolute atomic E-state index is 5.40. The minimum absolute atomic E-state index is 0.594. The van der Waals surface area contributed by atoms with Crippen LogP contribution in [-0.2, 0) is 4.74 Å². The molecule has 0 saturated heterocycles. The number of hydrogen-bond donors (Lipinski definition) is 1. The highest BCUT2D eigenvalue weighted by molar-refractivity contribution is 7.98. The van der Waals surface area contributed by atoms with Crippen molar-refractivity contribution in [3.63, 3.8) is 0 Å². The zero-order valence-corrected chi connectivity index (χ0v) is 11.4. The summed E-state index contributed by atoms with van der Waals surface area (Å²) < 4.78 is 5.40. The van der Waals surface area contributed by atoms with Crippen molar-refractivity contribution < 1.29 is 4.74 Å². The van der Waals surface area contributed by atoms with E-state index in [0.29, 0.717) is 12.4 Å². The maximum atomic E-state index is 5.40. The molecule has 17 heavy (non-hydrogen) atoms. The molecule has 1 heterocycles. The Morgan fingerprint density at radius 1 is 1.53 bits per heavy atom. The van der Waals surface area contributed by atoms with Gasteiger partial charge in [0.15, 0.2) is 5.16 Å². The number of rotatable bonds is 7. The normalized spacial score (nSPS) is 10.1. The molecular formula is C12H19N3OS. The first-order chi connectivity index (χ1) is 8.22. The molecule has 0 unspecified atom stereocenters. The molecule has 0 bridgehead atoms. The minimum atomic E-state index is 0.594. The summed E-state index contributed by atoms with van der Waals surface area (Å²) in [6.45, 7) is 9.40. The number of nitrogens with one attached hydrogen (secondary N) is 1. The monoisotopic (exact) mass is 253 g/mol. The quantitative estimate of drug-likeness (QED) is 0.460. The smallest absolute Gasteiger partial charge is 0.189 e. The summed E-state index contributed by atoms with van der Waals surface area (Å²) in [6.07, 6.45) is 4.75. The molecule has 0 saturated carbocycles. The zero-order chi connectivity index (χ0) is 12.7. The van der Waals surface area contributed by atoms with Crippen LogP contribution in [0.25, 0.3) is 5.76 Å². The van der Waals surface area contributed by atoms with Crippen LogP contribution in [0.3, 0.4) is 0 Å². The van der Waals surface area contributed by atoms with Crippen LogP contribution in [0.1, 0.15) is 25.8 Å². The van der Waals surface area contributed by atoms with Crippen LogP contribution in [0.4, 0.5) is 5.82 Å². The minimum Gasteiger partial charge on any atom is -0.494 e. The van der Waals surface area contributed by atoms with E-state index < -0.39 is 0 Å². The number of thioether (sulfide) groups is 1. The van der Waals surface area contributed by atoms with Gasteiger partial charge < -0.3 is 10.1 Å². The van der Waals surface area contributed by atoms with Crippen molar-refractivity contribution in [3.8, 4) is 0 Å². The Labute approximate surface area is 107 Å². The first-order valence-corrected chi connectivity index (χ1v) is 6.92. The van der Waals surface area contributed by atoms with Gasteiger partial charge in [-0.3, -0.25) is 0 Å². The van der Waals surface area contributed by atoms with E-state index in [1.165, 1.54) is 11.8 Å². The number of nitrogens with zero attached hydrogens (tertiary/aromatic N) is 2. The highest BCUT2D eigenvalue weighted by Gasteiger charge is 2.10. The summed E-state index contributed by atoms with van der Waals surface area (Å²) in [5.41, 5.74) is 0.832. The summed E-state index contributed by atoms with van der Waals surface area (Å²) in [4.78, 5) is 8.67. The first-order valence-electron chi connectivity index (χ1n) is 5.69. The second-order valence-corrected chi connectivity index (χ2v) is 4.18. The Kier molecular flexibility index (Phi) is 5.83. The Balaban J connectivity index is 2.97. The van der Waals surface area contributed by atoms with Crippen LogP contribution in [0, 0.1) is 0 Å². The fourth-order valence-corrected chi connectivity index (χ4v) is 1.64. The summed E-state index contributed by atoms with van der Waals surface area (Å²) >= 11 is 1.52. The average Bonchev–Trinajstić information content (AvgIpc) is 2.36. The van der Waals surface area contributed by atoms with Gasteiger partial charge in [-0.25, -0.2) is 9.97 Å². The highest BCUT2D eigenvalue weighted by Crippen LogP contribution is 2.23. The lowest BCUT2D eigenvalue weighted by Crippen LogP contribution is -2.07. The van der Waals surface area contributed by atoms with E-state index in [1.807, 2.05) is 13.2 Å². The van der Waals surface area contributed by atoms with E-state index in [9.17, 15) is 0 Å². The Bertz CT molecular complexity index is 382. The summed E-state index contributed by atoms with van der Waals surface area (Å²) in [5, 5.41) is 4.02. The number of ether oxygens (including phenoxy) is 1. The van der Waals surface area contributed by atoms with E-state index in [4.69, 9.17) is 4.74 Å². The van der Waals surface area contributed by atoms with Gasteiger partial charge in [-0.15, -0.1) is 0 Å². The van der Waals surface area contributed by atoms with Gasteiger partial charge in [0.1, 0.15) is 11.6 Å². The van der Waals surface area contributed by atoms with Gasteiger partial charge in [-0.2, -0.15) is 0 Å². The van der Waals surface area contributed by atoms with Gasteiger partial charge in [-0.05, 0) is 19.6 Å². The molecule has 94 valence electrons. The van der Waals surface area contributed by atoms with E-state index in [-0.39, 0.29) is 0 Å². The van der Waals surface area contributed by atoms with Crippen molar-refractivity contribution >= 4 is 23.3 Å². The lowest BCUT2D eigenvalue weighted by Gasteiger charge is -2.13. The molecule has 0 aliphatic rings. The van der Waals surface area contributed by atoms with Gasteiger partial charge in [0.2, 0.25) is 0 Å². The third-order valence-electron chi connectivity index (χ3n) is 2.11. The average molecular weight is 253 g/mol. The van der Waals surface area contributed by atoms with E-state index in [1.54, 1.807) is 6.20 Å². The fraction of sp³-hybridized carbons (Fsp3) is 0.500. The van der Waals surface area contributed by atoms with Crippen molar-refractivity contribution in [3.05, 3.63) is 18.3 Å². The maximum Gasteiger partial charge on any atom is 0.189 e. The summed E-state index contributed by atoms with van der Waals surface area (Å²) in [7, 11) is 0. The molecule has 4 nitrogen and oxygen atoms in total. The van der Waals surface area contributed by atoms with Crippen LogP contribution in [0.15, 0.2) is 17.9 Å². The van der Waals surface area contributed by atoms with Crippen molar-refractivity contribution in [2.45, 2.75) is 25.4 Å². The van der Waals surface area contributed by atoms with Crippen LogP contribution in [0.5, 0.6) is 0 Å². The largest absolute Gasteiger partial charge is 0.494 e. The number of hydrogen-bond acceptors (Lipinski definition) is 5. The lowest BCUT2D eigenvalue weighted by molar-refractivity contribution is 0.299. The lowest BCUT2D eigenvalue weighted by atomic mass is 10.2. The number of aromatic nitrogens is 2. The van der Waals surface area contributed by atoms with Crippen LogP contribution in [0.2, 0.25) is 0 Å². The second kappa shape index (κ2) is 7.17. The molecule has 1 aromatic heterocycles. The van der Waals surface area contributed by atoms with Gasteiger partial charge in [0.05, 0.1) is 12.2 Å². The van der Waals surface area contributed by atoms with E-state index in [2.05, 4.69) is 28.8 Å².